The van der Waals surface area contributed by atoms with Gasteiger partial charge in [-0.1, -0.05) is 57.1 Å². The van der Waals surface area contributed by atoms with Crippen LogP contribution in [0.4, 0.5) is 0 Å². The lowest BCUT2D eigenvalue weighted by Gasteiger charge is -2.52. The zero-order valence-electron chi connectivity index (χ0n) is 25.1. The molecule has 0 amide bonds. The highest BCUT2D eigenvalue weighted by Crippen LogP contribution is 2.50. The molecule has 0 heterocycles. The van der Waals surface area contributed by atoms with Crippen molar-refractivity contribution in [3.05, 3.63) is 34.9 Å². The number of carbonyl (C=O) groups excluding carboxylic acids is 2. The van der Waals surface area contributed by atoms with Crippen molar-refractivity contribution in [1.82, 2.24) is 0 Å². The Hall–Kier alpha value is -1.76. The van der Waals surface area contributed by atoms with Gasteiger partial charge < -0.3 is 20.1 Å². The van der Waals surface area contributed by atoms with Crippen molar-refractivity contribution in [3.63, 3.8) is 0 Å². The number of hydrogen-bond donors (Lipinski definition) is 3. The number of ether oxygens (including phenoxy) is 1. The van der Waals surface area contributed by atoms with Crippen molar-refractivity contribution >= 4 is 11.8 Å². The van der Waals surface area contributed by atoms with Crippen LogP contribution in [0.3, 0.4) is 0 Å². The van der Waals surface area contributed by atoms with Gasteiger partial charge in [-0.3, -0.25) is 9.59 Å². The number of rotatable bonds is 10. The van der Waals surface area contributed by atoms with Crippen LogP contribution < -0.4 is 0 Å². The summed E-state index contributed by atoms with van der Waals surface area (Å²) >= 11 is 0. The number of ketones is 1. The smallest absolute Gasteiger partial charge is 0.303 e. The third kappa shape index (κ3) is 7.67. The van der Waals surface area contributed by atoms with Gasteiger partial charge in [0.2, 0.25) is 0 Å². The summed E-state index contributed by atoms with van der Waals surface area (Å²) in [5, 5.41) is 32.2. The Labute approximate surface area is 230 Å². The average molecular weight is 533 g/mol. The number of esters is 1. The lowest BCUT2D eigenvalue weighted by atomic mass is 9.58. The van der Waals surface area contributed by atoms with Gasteiger partial charge in [0.1, 0.15) is 11.4 Å². The second-order valence-electron chi connectivity index (χ2n) is 13.2. The molecule has 6 atom stereocenters. The van der Waals surface area contributed by atoms with E-state index < -0.39 is 29.3 Å². The van der Waals surface area contributed by atoms with Crippen LogP contribution >= 0.6 is 0 Å². The van der Waals surface area contributed by atoms with Crippen molar-refractivity contribution < 1.29 is 29.6 Å². The van der Waals surface area contributed by atoms with E-state index in [4.69, 9.17) is 4.74 Å². The molecule has 216 valence electrons. The van der Waals surface area contributed by atoms with Gasteiger partial charge in [-0.2, -0.15) is 0 Å². The van der Waals surface area contributed by atoms with E-state index >= 15 is 0 Å². The second kappa shape index (κ2) is 12.6. The topological polar surface area (TPSA) is 104 Å². The van der Waals surface area contributed by atoms with E-state index in [-0.39, 0.29) is 29.0 Å². The molecule has 2 aliphatic carbocycles. The van der Waals surface area contributed by atoms with Crippen molar-refractivity contribution in [2.45, 2.75) is 131 Å². The van der Waals surface area contributed by atoms with Crippen LogP contribution in [-0.4, -0.2) is 51.0 Å². The highest BCUT2D eigenvalue weighted by Gasteiger charge is 2.52. The maximum absolute atomic E-state index is 12.4. The van der Waals surface area contributed by atoms with Gasteiger partial charge in [0.05, 0.1) is 18.3 Å². The maximum atomic E-state index is 12.4. The number of Topliss-reactive ketones (excluding diaryl/α,β-unsaturated/α-hetero) is 1. The predicted octanol–water partition coefficient (Wildman–Crippen LogP) is 5.84. The minimum atomic E-state index is -0.729. The molecule has 0 unspecified atom stereocenters. The first-order valence-electron chi connectivity index (χ1n) is 14.2. The molecule has 0 spiro atoms. The zero-order valence-corrected chi connectivity index (χ0v) is 25.1. The first kappa shape index (κ1) is 32.5. The van der Waals surface area contributed by atoms with Gasteiger partial charge in [-0.05, 0) is 83.1 Å². The lowest BCUT2D eigenvalue weighted by Crippen LogP contribution is -2.55. The Morgan fingerprint density at radius 1 is 1.16 bits per heavy atom. The molecule has 0 aliphatic heterocycles. The van der Waals surface area contributed by atoms with E-state index in [0.29, 0.717) is 37.7 Å². The van der Waals surface area contributed by atoms with E-state index in [1.165, 1.54) is 6.92 Å². The molecule has 2 rings (SSSR count). The summed E-state index contributed by atoms with van der Waals surface area (Å²) in [6.45, 7) is 17.3. The van der Waals surface area contributed by atoms with Gasteiger partial charge in [0.25, 0.3) is 0 Å². The van der Waals surface area contributed by atoms with Crippen LogP contribution in [0.15, 0.2) is 34.9 Å². The molecule has 0 bridgehead atoms. The van der Waals surface area contributed by atoms with E-state index in [2.05, 4.69) is 0 Å². The molecule has 3 N–H and O–H groups in total. The van der Waals surface area contributed by atoms with Crippen molar-refractivity contribution in [2.24, 2.45) is 22.7 Å². The molecule has 0 radical (unpaired) electrons. The number of carbonyl (C=O) groups is 2. The summed E-state index contributed by atoms with van der Waals surface area (Å²) in [5.41, 5.74) is 1.46. The van der Waals surface area contributed by atoms with E-state index in [9.17, 15) is 24.9 Å². The van der Waals surface area contributed by atoms with E-state index in [0.717, 1.165) is 24.0 Å². The monoisotopic (exact) mass is 532 g/mol. The van der Waals surface area contributed by atoms with Crippen LogP contribution in [0.25, 0.3) is 0 Å². The van der Waals surface area contributed by atoms with Gasteiger partial charge in [-0.25, -0.2) is 0 Å². The SMILES string of the molecule is CC(=O)O[C@@]1(C)CC[C@H](O)C(C)(C)[C@@H]1CC/C(C)=C/C[C@@H](O)/C=C(\C)[C@@H](O)C[C@@H]1C(C)=CCC(=O)C1(C)C. The van der Waals surface area contributed by atoms with E-state index in [1.54, 1.807) is 6.08 Å². The summed E-state index contributed by atoms with van der Waals surface area (Å²) in [7, 11) is 0. The van der Waals surface area contributed by atoms with Crippen LogP contribution in [0.5, 0.6) is 0 Å². The summed E-state index contributed by atoms with van der Waals surface area (Å²) in [6, 6.07) is 0. The van der Waals surface area contributed by atoms with Crippen molar-refractivity contribution in [1.29, 1.82) is 0 Å². The third-order valence-corrected chi connectivity index (χ3v) is 9.51. The standard InChI is InChI=1S/C32H52O6/c1-20(11-14-27-31(7,8)29(37)16-17-32(27,9)38-23(4)33)10-13-24(34)18-22(3)26(35)19-25-21(2)12-15-28(36)30(25,5)6/h10,12,18,24-27,29,34-35,37H,11,13-17,19H2,1-9H3/b20-10+,22-18+/t24-,25-,26+,27+,29+,32+/m1/s1. The summed E-state index contributed by atoms with van der Waals surface area (Å²) < 4.78 is 5.79. The summed E-state index contributed by atoms with van der Waals surface area (Å²) in [5.74, 6) is -0.126. The fourth-order valence-corrected chi connectivity index (χ4v) is 6.71. The normalized spacial score (nSPS) is 31.4. The fourth-order valence-electron chi connectivity index (χ4n) is 6.71. The Morgan fingerprint density at radius 3 is 2.39 bits per heavy atom. The maximum Gasteiger partial charge on any atom is 0.303 e. The highest BCUT2D eigenvalue weighted by molar-refractivity contribution is 5.87. The van der Waals surface area contributed by atoms with E-state index in [1.807, 2.05) is 67.5 Å². The van der Waals surface area contributed by atoms with Crippen molar-refractivity contribution in [3.8, 4) is 0 Å². The second-order valence-corrected chi connectivity index (χ2v) is 13.2. The number of hydrogen-bond acceptors (Lipinski definition) is 6. The largest absolute Gasteiger partial charge is 0.459 e. The van der Waals surface area contributed by atoms with Crippen LogP contribution in [0.2, 0.25) is 0 Å². The molecule has 0 aromatic heterocycles. The number of aliphatic hydroxyl groups excluding tert-OH is 3. The summed E-state index contributed by atoms with van der Waals surface area (Å²) in [6.07, 6.45) is 7.91. The van der Waals surface area contributed by atoms with Crippen LogP contribution in [0.1, 0.15) is 107 Å². The number of allylic oxidation sites excluding steroid dienone is 3. The fraction of sp³-hybridized carbons (Fsp3) is 0.750. The average Bonchev–Trinajstić information content (AvgIpc) is 2.80. The third-order valence-electron chi connectivity index (χ3n) is 9.51. The molecule has 1 saturated carbocycles. The van der Waals surface area contributed by atoms with Gasteiger partial charge >= 0.3 is 5.97 Å². The Kier molecular flexibility index (Phi) is 10.8. The minimum absolute atomic E-state index is 0.00152. The minimum Gasteiger partial charge on any atom is -0.459 e. The molecule has 38 heavy (non-hydrogen) atoms. The zero-order chi connectivity index (χ0) is 29.1. The van der Waals surface area contributed by atoms with Crippen molar-refractivity contribution in [2.75, 3.05) is 0 Å². The van der Waals surface area contributed by atoms with Gasteiger partial charge in [0, 0.05) is 24.7 Å². The molecular formula is C32H52O6. The Morgan fingerprint density at radius 2 is 1.79 bits per heavy atom. The Balaban J connectivity index is 2.00. The Bertz CT molecular complexity index is 955. The first-order valence-corrected chi connectivity index (χ1v) is 14.2. The molecule has 6 heteroatoms. The van der Waals surface area contributed by atoms with Gasteiger partial charge in [-0.15, -0.1) is 0 Å². The molecule has 2 aliphatic rings. The van der Waals surface area contributed by atoms with Crippen LogP contribution in [-0.2, 0) is 14.3 Å². The quantitative estimate of drug-likeness (QED) is 0.241. The highest BCUT2D eigenvalue weighted by atomic mass is 16.6. The first-order chi connectivity index (χ1) is 17.4. The lowest BCUT2D eigenvalue weighted by molar-refractivity contribution is -0.188. The molecular weight excluding hydrogens is 480 g/mol. The molecule has 0 aromatic carbocycles. The molecule has 0 saturated heterocycles. The molecule has 0 aromatic rings. The van der Waals surface area contributed by atoms with Crippen LogP contribution in [0, 0.1) is 22.7 Å². The molecule has 1 fully saturated rings. The summed E-state index contributed by atoms with van der Waals surface area (Å²) in [4.78, 5) is 24.2. The number of aliphatic hydroxyl groups is 3. The molecule has 6 nitrogen and oxygen atoms in total. The predicted molar refractivity (Wildman–Crippen MR) is 151 cm³/mol. The van der Waals surface area contributed by atoms with Gasteiger partial charge in [0.15, 0.2) is 0 Å².